The maximum Gasteiger partial charge on any atom is 0.304 e. The molecule has 31 heavy (non-hydrogen) atoms. The lowest BCUT2D eigenvalue weighted by Crippen LogP contribution is -2.50. The SMILES string of the molecule is CCCCCCCCC(O)C(Oc1ccccc1)(Oc1ccccc1)c1ccccc1. The average molecular weight is 419 g/mol. The highest BCUT2D eigenvalue weighted by molar-refractivity contribution is 5.30. The van der Waals surface area contributed by atoms with Gasteiger partial charge in [0.15, 0.2) is 0 Å². The molecule has 0 aromatic heterocycles. The molecular formula is C28H34O3. The lowest BCUT2D eigenvalue weighted by molar-refractivity contribution is -0.197. The fourth-order valence-electron chi connectivity index (χ4n) is 3.77. The van der Waals surface area contributed by atoms with Crippen molar-refractivity contribution in [3.63, 3.8) is 0 Å². The van der Waals surface area contributed by atoms with E-state index < -0.39 is 11.9 Å². The second-order valence-electron chi connectivity index (χ2n) is 7.94. The first-order valence-electron chi connectivity index (χ1n) is 11.5. The Kier molecular flexibility index (Phi) is 8.99. The van der Waals surface area contributed by atoms with Gasteiger partial charge >= 0.3 is 5.79 Å². The summed E-state index contributed by atoms with van der Waals surface area (Å²) in [6.07, 6.45) is 6.73. The van der Waals surface area contributed by atoms with Gasteiger partial charge in [0.2, 0.25) is 0 Å². The molecule has 3 nitrogen and oxygen atoms in total. The molecule has 0 aliphatic rings. The molecule has 0 saturated heterocycles. The van der Waals surface area contributed by atoms with Crippen molar-refractivity contribution in [3.8, 4) is 11.5 Å². The Labute approximate surface area is 186 Å². The summed E-state index contributed by atoms with van der Waals surface area (Å²) in [7, 11) is 0. The average Bonchev–Trinajstić information content (AvgIpc) is 2.82. The lowest BCUT2D eigenvalue weighted by atomic mass is 9.94. The molecule has 0 amide bonds. The van der Waals surface area contributed by atoms with E-state index >= 15 is 0 Å². The van der Waals surface area contributed by atoms with Gasteiger partial charge in [-0.1, -0.05) is 112 Å². The summed E-state index contributed by atoms with van der Waals surface area (Å²) in [6.45, 7) is 2.22. The summed E-state index contributed by atoms with van der Waals surface area (Å²) < 4.78 is 13.0. The highest BCUT2D eigenvalue weighted by Gasteiger charge is 2.45. The topological polar surface area (TPSA) is 38.7 Å². The summed E-state index contributed by atoms with van der Waals surface area (Å²) in [5, 5.41) is 11.5. The van der Waals surface area contributed by atoms with Gasteiger partial charge in [-0.25, -0.2) is 0 Å². The second-order valence-corrected chi connectivity index (χ2v) is 7.94. The van der Waals surface area contributed by atoms with E-state index in [1.54, 1.807) is 0 Å². The van der Waals surface area contributed by atoms with Crippen LogP contribution in [0.1, 0.15) is 57.4 Å². The first kappa shape index (κ1) is 22.9. The predicted molar refractivity (Wildman–Crippen MR) is 126 cm³/mol. The zero-order valence-electron chi connectivity index (χ0n) is 18.5. The third-order valence-corrected chi connectivity index (χ3v) is 5.47. The maximum absolute atomic E-state index is 11.5. The maximum atomic E-state index is 11.5. The standard InChI is InChI=1S/C28H34O3/c1-2-3-4-5-6-16-23-27(29)28(24-17-10-7-11-18-24,30-25-19-12-8-13-20-25)31-26-21-14-9-15-22-26/h7-15,17-22,27,29H,2-6,16,23H2,1H3. The zero-order valence-corrected chi connectivity index (χ0v) is 18.5. The molecule has 3 heteroatoms. The number of hydrogen-bond donors (Lipinski definition) is 1. The van der Waals surface area contributed by atoms with Crippen LogP contribution in [0.25, 0.3) is 0 Å². The molecular weight excluding hydrogens is 384 g/mol. The van der Waals surface area contributed by atoms with E-state index in [-0.39, 0.29) is 0 Å². The fraction of sp³-hybridized carbons (Fsp3) is 0.357. The third-order valence-electron chi connectivity index (χ3n) is 5.47. The lowest BCUT2D eigenvalue weighted by Gasteiger charge is -2.38. The van der Waals surface area contributed by atoms with Crippen LogP contribution in [0.4, 0.5) is 0 Å². The van der Waals surface area contributed by atoms with Crippen LogP contribution in [-0.2, 0) is 5.79 Å². The molecule has 0 fully saturated rings. The van der Waals surface area contributed by atoms with E-state index in [1.807, 2.05) is 91.0 Å². The van der Waals surface area contributed by atoms with E-state index in [2.05, 4.69) is 6.92 Å². The van der Waals surface area contributed by atoms with Gasteiger partial charge in [-0.15, -0.1) is 0 Å². The predicted octanol–water partition coefficient (Wildman–Crippen LogP) is 7.11. The number of unbranched alkanes of at least 4 members (excludes halogenated alkanes) is 5. The molecule has 0 radical (unpaired) electrons. The van der Waals surface area contributed by atoms with Crippen molar-refractivity contribution >= 4 is 0 Å². The molecule has 3 aromatic carbocycles. The van der Waals surface area contributed by atoms with Crippen LogP contribution in [0.15, 0.2) is 91.0 Å². The summed E-state index contributed by atoms with van der Waals surface area (Å²) in [4.78, 5) is 0. The molecule has 3 aromatic rings. The number of aliphatic hydroxyl groups excluding tert-OH is 1. The molecule has 0 heterocycles. The number of hydrogen-bond acceptors (Lipinski definition) is 3. The number of para-hydroxylation sites is 2. The number of aliphatic hydroxyl groups is 1. The van der Waals surface area contributed by atoms with Gasteiger partial charge in [-0.3, -0.25) is 0 Å². The van der Waals surface area contributed by atoms with Crippen LogP contribution in [0.5, 0.6) is 11.5 Å². The van der Waals surface area contributed by atoms with Crippen molar-refractivity contribution in [2.45, 2.75) is 63.8 Å². The van der Waals surface area contributed by atoms with Crippen molar-refractivity contribution < 1.29 is 14.6 Å². The monoisotopic (exact) mass is 418 g/mol. The minimum absolute atomic E-state index is 0.598. The summed E-state index contributed by atoms with van der Waals surface area (Å²) >= 11 is 0. The molecule has 164 valence electrons. The van der Waals surface area contributed by atoms with Crippen molar-refractivity contribution in [1.29, 1.82) is 0 Å². The minimum atomic E-state index is -1.34. The van der Waals surface area contributed by atoms with Crippen LogP contribution in [-0.4, -0.2) is 11.2 Å². The molecule has 0 spiro atoms. The number of benzene rings is 3. The Morgan fingerprint density at radius 2 is 1.10 bits per heavy atom. The van der Waals surface area contributed by atoms with Crippen molar-refractivity contribution in [1.82, 2.24) is 0 Å². The highest BCUT2D eigenvalue weighted by atomic mass is 16.7. The van der Waals surface area contributed by atoms with E-state index in [9.17, 15) is 5.11 Å². The second kappa shape index (κ2) is 12.2. The van der Waals surface area contributed by atoms with E-state index in [4.69, 9.17) is 9.47 Å². The van der Waals surface area contributed by atoms with E-state index in [0.29, 0.717) is 17.9 Å². The Balaban J connectivity index is 1.89. The van der Waals surface area contributed by atoms with Crippen molar-refractivity contribution in [2.24, 2.45) is 0 Å². The number of rotatable bonds is 13. The molecule has 0 saturated carbocycles. The van der Waals surface area contributed by atoms with Crippen LogP contribution in [0.3, 0.4) is 0 Å². The first-order valence-corrected chi connectivity index (χ1v) is 11.5. The van der Waals surface area contributed by atoms with E-state index in [0.717, 1.165) is 18.4 Å². The van der Waals surface area contributed by atoms with Crippen molar-refractivity contribution in [2.75, 3.05) is 0 Å². The van der Waals surface area contributed by atoms with Crippen LogP contribution < -0.4 is 9.47 Å². The molecule has 1 atom stereocenters. The van der Waals surface area contributed by atoms with Gasteiger partial charge in [0.05, 0.1) is 0 Å². The number of ether oxygens (including phenoxy) is 2. The van der Waals surface area contributed by atoms with Gasteiger partial charge in [0, 0.05) is 5.56 Å². The summed E-state index contributed by atoms with van der Waals surface area (Å²) in [6, 6.07) is 28.9. The quantitative estimate of drug-likeness (QED) is 0.237. The Bertz CT molecular complexity index is 808. The Hall–Kier alpha value is -2.78. The van der Waals surface area contributed by atoms with Gasteiger partial charge in [-0.05, 0) is 30.7 Å². The highest BCUT2D eigenvalue weighted by Crippen LogP contribution is 2.36. The molecule has 0 aliphatic heterocycles. The summed E-state index contributed by atoms with van der Waals surface area (Å²) in [5.74, 6) is -0.0264. The first-order chi connectivity index (χ1) is 15.2. The Morgan fingerprint density at radius 3 is 1.61 bits per heavy atom. The summed E-state index contributed by atoms with van der Waals surface area (Å²) in [5.41, 5.74) is 0.793. The largest absolute Gasteiger partial charge is 0.446 e. The zero-order chi connectivity index (χ0) is 21.8. The van der Waals surface area contributed by atoms with Gasteiger partial charge < -0.3 is 14.6 Å². The fourth-order valence-corrected chi connectivity index (χ4v) is 3.77. The molecule has 3 rings (SSSR count). The molecule has 1 N–H and O–H groups in total. The van der Waals surface area contributed by atoms with E-state index in [1.165, 1.54) is 25.7 Å². The molecule has 0 bridgehead atoms. The third kappa shape index (κ3) is 6.60. The van der Waals surface area contributed by atoms with Gasteiger partial charge in [0.1, 0.15) is 17.6 Å². The van der Waals surface area contributed by atoms with Gasteiger partial charge in [0.25, 0.3) is 0 Å². The van der Waals surface area contributed by atoms with Crippen LogP contribution in [0.2, 0.25) is 0 Å². The van der Waals surface area contributed by atoms with Crippen molar-refractivity contribution in [3.05, 3.63) is 96.6 Å². The van der Waals surface area contributed by atoms with Gasteiger partial charge in [-0.2, -0.15) is 0 Å². The van der Waals surface area contributed by atoms with Crippen LogP contribution in [0, 0.1) is 0 Å². The smallest absolute Gasteiger partial charge is 0.304 e. The minimum Gasteiger partial charge on any atom is -0.446 e. The normalized spacial score (nSPS) is 12.3. The molecule has 1 unspecified atom stereocenters. The Morgan fingerprint density at radius 1 is 0.645 bits per heavy atom. The molecule has 0 aliphatic carbocycles. The van der Waals surface area contributed by atoms with Crippen LogP contribution >= 0.6 is 0 Å².